The molecule has 0 aliphatic heterocycles. The molecule has 0 radical (unpaired) electrons. The van der Waals surface area contributed by atoms with E-state index in [0.29, 0.717) is 22.6 Å². The summed E-state index contributed by atoms with van der Waals surface area (Å²) >= 11 is 0. The maximum atomic E-state index is 14.1. The lowest BCUT2D eigenvalue weighted by atomic mass is 10.0. The Kier molecular flexibility index (Phi) is 5.82. The normalized spacial score (nSPS) is 11.6. The van der Waals surface area contributed by atoms with E-state index in [1.165, 1.54) is 4.52 Å². The zero-order chi connectivity index (χ0) is 24.6. The number of rotatable bonds is 5. The third-order valence-corrected chi connectivity index (χ3v) is 5.00. The Morgan fingerprint density at radius 2 is 1.88 bits per heavy atom. The Morgan fingerprint density at radius 1 is 1.12 bits per heavy atom. The fraction of sp³-hybridized carbons (Fsp3) is 0.182. The van der Waals surface area contributed by atoms with E-state index < -0.39 is 23.8 Å². The van der Waals surface area contributed by atoms with E-state index in [4.69, 9.17) is 5.73 Å². The van der Waals surface area contributed by atoms with Gasteiger partial charge in [0.05, 0.1) is 11.3 Å². The van der Waals surface area contributed by atoms with Crippen LogP contribution in [-0.2, 0) is 6.54 Å². The number of carbonyl (C=O) groups is 1. The molecule has 0 aliphatic rings. The van der Waals surface area contributed by atoms with E-state index in [-0.39, 0.29) is 23.6 Å². The minimum Gasteiger partial charge on any atom is -0.406 e. The molecule has 3 aromatic heterocycles. The third-order valence-electron chi connectivity index (χ3n) is 5.00. The van der Waals surface area contributed by atoms with E-state index in [9.17, 15) is 22.4 Å². The highest BCUT2D eigenvalue weighted by molar-refractivity contribution is 5.96. The second kappa shape index (κ2) is 8.61. The van der Waals surface area contributed by atoms with Gasteiger partial charge in [-0.3, -0.25) is 9.78 Å². The zero-order valence-corrected chi connectivity index (χ0v) is 17.9. The molecule has 34 heavy (non-hydrogen) atoms. The number of ether oxygens (including phenoxy) is 1. The highest BCUT2D eigenvalue weighted by Gasteiger charge is 2.31. The van der Waals surface area contributed by atoms with Gasteiger partial charge < -0.3 is 15.8 Å². The Balaban J connectivity index is 1.58. The lowest BCUT2D eigenvalue weighted by molar-refractivity contribution is -0.274. The van der Waals surface area contributed by atoms with Crippen molar-refractivity contribution in [3.63, 3.8) is 0 Å². The topological polar surface area (TPSA) is 107 Å². The summed E-state index contributed by atoms with van der Waals surface area (Å²) in [6.45, 7) is 3.08. The van der Waals surface area contributed by atoms with Gasteiger partial charge in [0.15, 0.2) is 5.65 Å². The average Bonchev–Trinajstić information content (AvgIpc) is 3.12. The van der Waals surface area contributed by atoms with Crippen LogP contribution in [0.5, 0.6) is 5.75 Å². The molecule has 0 bridgehead atoms. The summed E-state index contributed by atoms with van der Waals surface area (Å²) in [5, 5.41) is 6.54. The molecule has 0 fully saturated rings. The van der Waals surface area contributed by atoms with E-state index in [1.54, 1.807) is 38.2 Å². The molecular formula is C22H18F4N6O2. The molecular weight excluding hydrogens is 456 g/mol. The first-order valence-electron chi connectivity index (χ1n) is 9.93. The molecule has 0 saturated heterocycles. The molecule has 0 spiro atoms. The smallest absolute Gasteiger partial charge is 0.406 e. The number of aryl methyl sites for hydroxylation is 2. The second-order valence-electron chi connectivity index (χ2n) is 7.43. The molecule has 12 heteroatoms. The summed E-state index contributed by atoms with van der Waals surface area (Å²) in [6, 6.07) is 7.73. The number of nitrogens with one attached hydrogen (secondary N) is 1. The quantitative estimate of drug-likeness (QED) is 0.424. The van der Waals surface area contributed by atoms with Crippen LogP contribution in [-0.4, -0.2) is 31.9 Å². The van der Waals surface area contributed by atoms with Crippen molar-refractivity contribution in [2.24, 2.45) is 0 Å². The minimum absolute atomic E-state index is 0.118. The van der Waals surface area contributed by atoms with Crippen molar-refractivity contribution in [1.82, 2.24) is 24.9 Å². The average molecular weight is 474 g/mol. The molecule has 0 saturated carbocycles. The largest absolute Gasteiger partial charge is 0.573 e. The van der Waals surface area contributed by atoms with Crippen molar-refractivity contribution < 1.29 is 27.1 Å². The molecule has 8 nitrogen and oxygen atoms in total. The number of aromatic nitrogens is 4. The summed E-state index contributed by atoms with van der Waals surface area (Å²) < 4.78 is 56.7. The van der Waals surface area contributed by atoms with Crippen molar-refractivity contribution in [3.8, 4) is 16.9 Å². The second-order valence-corrected chi connectivity index (χ2v) is 7.43. The Morgan fingerprint density at radius 3 is 2.62 bits per heavy atom. The zero-order valence-electron chi connectivity index (χ0n) is 17.9. The van der Waals surface area contributed by atoms with Gasteiger partial charge in [-0.05, 0) is 55.8 Å². The predicted molar refractivity (Wildman–Crippen MR) is 114 cm³/mol. The Bertz CT molecular complexity index is 1400. The first-order chi connectivity index (χ1) is 16.0. The molecule has 176 valence electrons. The van der Waals surface area contributed by atoms with Gasteiger partial charge in [-0.25, -0.2) is 8.91 Å². The number of nitrogens with zero attached hydrogens (tertiary/aromatic N) is 4. The van der Waals surface area contributed by atoms with Gasteiger partial charge in [0, 0.05) is 29.6 Å². The van der Waals surface area contributed by atoms with E-state index in [0.717, 1.165) is 23.8 Å². The molecule has 4 rings (SSSR count). The van der Waals surface area contributed by atoms with Crippen LogP contribution in [0.3, 0.4) is 0 Å². The highest BCUT2D eigenvalue weighted by Crippen LogP contribution is 2.27. The van der Waals surface area contributed by atoms with Crippen molar-refractivity contribution in [3.05, 3.63) is 70.9 Å². The number of anilines is 1. The van der Waals surface area contributed by atoms with Gasteiger partial charge in [-0.15, -0.1) is 18.3 Å². The van der Waals surface area contributed by atoms with Crippen LogP contribution in [0.2, 0.25) is 0 Å². The molecule has 0 unspecified atom stereocenters. The van der Waals surface area contributed by atoms with Crippen LogP contribution in [0.25, 0.3) is 16.8 Å². The molecule has 1 amide bonds. The van der Waals surface area contributed by atoms with Gasteiger partial charge in [-0.1, -0.05) is 0 Å². The molecule has 4 aromatic rings. The fourth-order valence-corrected chi connectivity index (χ4v) is 3.47. The van der Waals surface area contributed by atoms with Crippen molar-refractivity contribution in [2.45, 2.75) is 26.8 Å². The number of hydrogen-bond donors (Lipinski definition) is 2. The van der Waals surface area contributed by atoms with Crippen molar-refractivity contribution in [2.75, 3.05) is 5.73 Å². The van der Waals surface area contributed by atoms with E-state index >= 15 is 0 Å². The number of halogens is 4. The number of nitrogen functional groups attached to an aromatic ring is 1. The standard InChI is InChI=1S/C22H18F4N6O2/c1-11-16(13-5-6-32-19(8-13)30-21(27)31-32)9-17(12(2)29-11)20(33)28-10-14-7-15(3-4-18(14)23)34-22(24,25)26/h3-9H,10H2,1-2H3,(H2,27,31)(H,28,33). The van der Waals surface area contributed by atoms with Crippen LogP contribution < -0.4 is 15.8 Å². The predicted octanol–water partition coefficient (Wildman–Crippen LogP) is 3.96. The highest BCUT2D eigenvalue weighted by atomic mass is 19.4. The van der Waals surface area contributed by atoms with E-state index in [2.05, 4.69) is 25.1 Å². The summed E-state index contributed by atoms with van der Waals surface area (Å²) in [4.78, 5) is 21.4. The van der Waals surface area contributed by atoms with Crippen LogP contribution in [0.1, 0.15) is 27.3 Å². The molecule has 3 heterocycles. The fourth-order valence-electron chi connectivity index (χ4n) is 3.47. The van der Waals surface area contributed by atoms with Gasteiger partial charge in [0.2, 0.25) is 5.95 Å². The lowest BCUT2D eigenvalue weighted by Crippen LogP contribution is -2.25. The van der Waals surface area contributed by atoms with Crippen molar-refractivity contribution in [1.29, 1.82) is 0 Å². The first-order valence-corrected chi connectivity index (χ1v) is 9.93. The molecule has 0 aliphatic carbocycles. The SMILES string of the molecule is Cc1nc(C)c(-c2ccn3nc(N)nc3c2)cc1C(=O)NCc1cc(OC(F)(F)F)ccc1F. The van der Waals surface area contributed by atoms with Gasteiger partial charge >= 0.3 is 6.36 Å². The minimum atomic E-state index is -4.92. The van der Waals surface area contributed by atoms with Crippen LogP contribution >= 0.6 is 0 Å². The first kappa shape index (κ1) is 23.0. The van der Waals surface area contributed by atoms with Gasteiger partial charge in [0.25, 0.3) is 5.91 Å². The number of carbonyl (C=O) groups excluding carboxylic acids is 1. The maximum absolute atomic E-state index is 14.1. The Hall–Kier alpha value is -4.22. The Labute approximate surface area is 190 Å². The van der Waals surface area contributed by atoms with E-state index in [1.807, 2.05) is 0 Å². The van der Waals surface area contributed by atoms with Crippen LogP contribution in [0.15, 0.2) is 42.6 Å². The number of pyridine rings is 2. The summed E-state index contributed by atoms with van der Waals surface area (Å²) in [7, 11) is 0. The van der Waals surface area contributed by atoms with Crippen molar-refractivity contribution >= 4 is 17.5 Å². The number of benzene rings is 1. The monoisotopic (exact) mass is 474 g/mol. The number of hydrogen-bond acceptors (Lipinski definition) is 6. The maximum Gasteiger partial charge on any atom is 0.573 e. The third kappa shape index (κ3) is 4.90. The summed E-state index contributed by atoms with van der Waals surface area (Å²) in [5.74, 6) is -1.82. The summed E-state index contributed by atoms with van der Waals surface area (Å²) in [6.07, 6.45) is -3.24. The van der Waals surface area contributed by atoms with Crippen LogP contribution in [0.4, 0.5) is 23.5 Å². The number of amides is 1. The number of alkyl halides is 3. The van der Waals surface area contributed by atoms with Gasteiger partial charge in [0.1, 0.15) is 11.6 Å². The number of fused-ring (bicyclic) bond motifs is 1. The molecule has 1 aromatic carbocycles. The molecule has 3 N–H and O–H groups in total. The lowest BCUT2D eigenvalue weighted by Gasteiger charge is -2.13. The molecule has 0 atom stereocenters. The van der Waals surface area contributed by atoms with Crippen LogP contribution in [0, 0.1) is 19.7 Å². The van der Waals surface area contributed by atoms with Gasteiger partial charge in [-0.2, -0.15) is 4.98 Å². The number of nitrogens with two attached hydrogens (primary N) is 1. The summed E-state index contributed by atoms with van der Waals surface area (Å²) in [5.41, 5.74) is 8.68.